The summed E-state index contributed by atoms with van der Waals surface area (Å²) in [6.45, 7) is 0.504. The highest BCUT2D eigenvalue weighted by Crippen LogP contribution is 2.32. The Morgan fingerprint density at radius 3 is 2.95 bits per heavy atom. The molecule has 2 aromatic rings. The molecule has 0 unspecified atom stereocenters. The first-order valence-corrected chi connectivity index (χ1v) is 7.51. The van der Waals surface area contributed by atoms with Gasteiger partial charge in [-0.3, -0.25) is 0 Å². The fourth-order valence-electron chi connectivity index (χ4n) is 1.80. The minimum Gasteiger partial charge on any atom is -0.490 e. The summed E-state index contributed by atoms with van der Waals surface area (Å²) in [5.74, 6) is 0.559. The minimum atomic E-state index is -1.04. The van der Waals surface area contributed by atoms with Crippen LogP contribution < -0.4 is 4.74 Å². The number of para-hydroxylation sites is 1. The molecule has 116 valence electrons. The van der Waals surface area contributed by atoms with Gasteiger partial charge in [-0.2, -0.15) is 0 Å². The van der Waals surface area contributed by atoms with E-state index < -0.39 is 5.97 Å². The Balaban J connectivity index is 2.26. The molecule has 0 atom stereocenters. The van der Waals surface area contributed by atoms with Crippen LogP contribution in [-0.4, -0.2) is 23.6 Å². The zero-order valence-corrected chi connectivity index (χ0v) is 13.1. The number of aliphatic carboxylic acids is 1. The highest BCUT2D eigenvalue weighted by atomic mass is 35.5. The normalized spacial score (nSPS) is 12.2. The number of halogens is 2. The van der Waals surface area contributed by atoms with E-state index in [1.54, 1.807) is 6.07 Å². The zero-order valence-electron chi connectivity index (χ0n) is 11.6. The van der Waals surface area contributed by atoms with Gasteiger partial charge in [0.25, 0.3) is 0 Å². The summed E-state index contributed by atoms with van der Waals surface area (Å²) < 4.78 is 11.3. The van der Waals surface area contributed by atoms with Crippen molar-refractivity contribution in [3.8, 4) is 5.75 Å². The third-order valence-corrected chi connectivity index (χ3v) is 3.34. The number of hydrogen-bond acceptors (Lipinski definition) is 3. The Morgan fingerprint density at radius 2 is 2.23 bits per heavy atom. The molecule has 0 saturated heterocycles. The lowest BCUT2D eigenvalue weighted by Crippen LogP contribution is -1.97. The van der Waals surface area contributed by atoms with Gasteiger partial charge in [-0.05, 0) is 24.6 Å². The van der Waals surface area contributed by atoms with Gasteiger partial charge in [-0.1, -0.05) is 29.8 Å². The standard InChI is InChI=1S/C16H14Cl2O4/c17-8-3-9-21-13-6-1-4-11-10-14(22-16(11)13)12(18)5-2-7-15(19)20/h1-2,4-7,10H,3,8-9H2,(H,19,20). The lowest BCUT2D eigenvalue weighted by atomic mass is 10.2. The maximum atomic E-state index is 10.4. The quantitative estimate of drug-likeness (QED) is 0.344. The van der Waals surface area contributed by atoms with E-state index in [9.17, 15) is 4.79 Å². The molecular weight excluding hydrogens is 327 g/mol. The second-order valence-corrected chi connectivity index (χ2v) is 5.17. The van der Waals surface area contributed by atoms with E-state index in [0.29, 0.717) is 34.6 Å². The molecule has 0 saturated carbocycles. The lowest BCUT2D eigenvalue weighted by molar-refractivity contribution is -0.131. The van der Waals surface area contributed by atoms with Gasteiger partial charge in [0.1, 0.15) is 5.76 Å². The molecule has 0 spiro atoms. The van der Waals surface area contributed by atoms with Crippen LogP contribution in [0.1, 0.15) is 12.2 Å². The van der Waals surface area contributed by atoms with Crippen molar-refractivity contribution in [3.05, 3.63) is 48.3 Å². The average Bonchev–Trinajstić information content (AvgIpc) is 2.92. The summed E-state index contributed by atoms with van der Waals surface area (Å²) in [4.78, 5) is 10.4. The molecule has 0 aliphatic heterocycles. The smallest absolute Gasteiger partial charge is 0.328 e. The van der Waals surface area contributed by atoms with Crippen LogP contribution in [0.15, 0.2) is 46.9 Å². The van der Waals surface area contributed by atoms with Gasteiger partial charge in [0.05, 0.1) is 11.6 Å². The van der Waals surface area contributed by atoms with Crippen molar-refractivity contribution in [1.29, 1.82) is 0 Å². The molecular formula is C16H14Cl2O4. The molecule has 0 radical (unpaired) electrons. The highest BCUT2D eigenvalue weighted by Gasteiger charge is 2.11. The maximum absolute atomic E-state index is 10.4. The molecule has 0 aliphatic carbocycles. The van der Waals surface area contributed by atoms with Crippen LogP contribution >= 0.6 is 23.2 Å². The third kappa shape index (κ3) is 4.29. The van der Waals surface area contributed by atoms with Crippen LogP contribution in [0.3, 0.4) is 0 Å². The highest BCUT2D eigenvalue weighted by molar-refractivity contribution is 6.48. The number of allylic oxidation sites excluding steroid dienone is 2. The molecule has 0 amide bonds. The predicted molar refractivity (Wildman–Crippen MR) is 87.7 cm³/mol. The number of carboxylic acid groups (broad SMARTS) is 1. The van der Waals surface area contributed by atoms with Gasteiger partial charge in [0.15, 0.2) is 11.3 Å². The molecule has 22 heavy (non-hydrogen) atoms. The van der Waals surface area contributed by atoms with Crippen LogP contribution in [0.25, 0.3) is 16.0 Å². The third-order valence-electron chi connectivity index (χ3n) is 2.76. The van der Waals surface area contributed by atoms with Crippen LogP contribution in [0, 0.1) is 0 Å². The Morgan fingerprint density at radius 1 is 1.41 bits per heavy atom. The summed E-state index contributed by atoms with van der Waals surface area (Å²) in [7, 11) is 0. The first-order chi connectivity index (χ1) is 10.6. The van der Waals surface area contributed by atoms with Crippen molar-refractivity contribution in [1.82, 2.24) is 0 Å². The van der Waals surface area contributed by atoms with E-state index in [1.165, 1.54) is 12.2 Å². The zero-order chi connectivity index (χ0) is 15.9. The Labute approximate surface area is 137 Å². The van der Waals surface area contributed by atoms with E-state index in [1.807, 2.05) is 18.2 Å². The molecule has 2 rings (SSSR count). The Hall–Kier alpha value is -1.91. The van der Waals surface area contributed by atoms with Crippen molar-refractivity contribution in [2.45, 2.75) is 6.42 Å². The number of alkyl halides is 1. The van der Waals surface area contributed by atoms with E-state index in [4.69, 9.17) is 37.5 Å². The van der Waals surface area contributed by atoms with Gasteiger partial charge in [0, 0.05) is 17.3 Å². The van der Waals surface area contributed by atoms with Gasteiger partial charge in [0.2, 0.25) is 0 Å². The first-order valence-electron chi connectivity index (χ1n) is 6.60. The fourth-order valence-corrected chi connectivity index (χ4v) is 2.08. The topological polar surface area (TPSA) is 59.7 Å². The molecule has 4 nitrogen and oxygen atoms in total. The van der Waals surface area contributed by atoms with E-state index >= 15 is 0 Å². The largest absolute Gasteiger partial charge is 0.490 e. The summed E-state index contributed by atoms with van der Waals surface area (Å²) >= 11 is 11.7. The van der Waals surface area contributed by atoms with Crippen molar-refractivity contribution < 1.29 is 19.1 Å². The monoisotopic (exact) mass is 340 g/mol. The Bertz CT molecular complexity index is 716. The van der Waals surface area contributed by atoms with Gasteiger partial charge < -0.3 is 14.3 Å². The molecule has 0 aliphatic rings. The number of rotatable bonds is 7. The molecule has 1 aromatic carbocycles. The van der Waals surface area contributed by atoms with Crippen molar-refractivity contribution in [3.63, 3.8) is 0 Å². The Kier molecular flexibility index (Phi) is 5.92. The van der Waals surface area contributed by atoms with Crippen molar-refractivity contribution >= 4 is 45.2 Å². The number of benzene rings is 1. The van der Waals surface area contributed by atoms with E-state index in [2.05, 4.69) is 0 Å². The predicted octanol–water partition coefficient (Wildman–Crippen LogP) is 4.66. The second-order valence-electron chi connectivity index (χ2n) is 4.39. The van der Waals surface area contributed by atoms with Crippen LogP contribution in [-0.2, 0) is 4.79 Å². The number of carbonyl (C=O) groups is 1. The van der Waals surface area contributed by atoms with E-state index in [-0.39, 0.29) is 0 Å². The minimum absolute atomic E-state index is 0.306. The molecule has 0 fully saturated rings. The first kappa shape index (κ1) is 16.5. The van der Waals surface area contributed by atoms with E-state index in [0.717, 1.165) is 17.9 Å². The number of fused-ring (bicyclic) bond motifs is 1. The molecule has 1 aromatic heterocycles. The molecule has 1 N–H and O–H groups in total. The van der Waals surface area contributed by atoms with Gasteiger partial charge in [-0.25, -0.2) is 4.79 Å². The van der Waals surface area contributed by atoms with Gasteiger partial charge in [-0.15, -0.1) is 11.6 Å². The van der Waals surface area contributed by atoms with Crippen molar-refractivity contribution in [2.24, 2.45) is 0 Å². The summed E-state index contributed by atoms with van der Waals surface area (Å²) in [5.41, 5.74) is 0.598. The molecule has 1 heterocycles. The van der Waals surface area contributed by atoms with Crippen LogP contribution in [0.2, 0.25) is 0 Å². The van der Waals surface area contributed by atoms with Crippen LogP contribution in [0.5, 0.6) is 5.75 Å². The molecule has 6 heteroatoms. The summed E-state index contributed by atoms with van der Waals surface area (Å²) in [6.07, 6.45) is 4.54. The summed E-state index contributed by atoms with van der Waals surface area (Å²) in [5, 5.41) is 9.70. The number of ether oxygens (including phenoxy) is 1. The summed E-state index contributed by atoms with van der Waals surface area (Å²) in [6, 6.07) is 7.33. The SMILES string of the molecule is O=C(O)C=CC=C(Cl)c1cc2cccc(OCCCCl)c2o1. The number of carboxylic acids is 1. The maximum Gasteiger partial charge on any atom is 0.328 e. The lowest BCUT2D eigenvalue weighted by Gasteiger charge is -2.04. The van der Waals surface area contributed by atoms with Crippen molar-refractivity contribution in [2.75, 3.05) is 12.5 Å². The number of furan rings is 1. The second kappa shape index (κ2) is 7.92. The fraction of sp³-hybridized carbons (Fsp3) is 0.188. The van der Waals surface area contributed by atoms with Crippen LogP contribution in [0.4, 0.5) is 0 Å². The molecule has 0 bridgehead atoms. The average molecular weight is 341 g/mol. The van der Waals surface area contributed by atoms with Gasteiger partial charge >= 0.3 is 5.97 Å². The number of hydrogen-bond donors (Lipinski definition) is 1.